The smallest absolute Gasteiger partial charge is 0.00732 e. The number of hydrogen-bond donors (Lipinski definition) is 1. The van der Waals surface area contributed by atoms with Gasteiger partial charge < -0.3 is 5.73 Å². The highest BCUT2D eigenvalue weighted by atomic mass is 14.5. The zero-order valence-corrected chi connectivity index (χ0v) is 6.65. The Balaban J connectivity index is 3.47. The van der Waals surface area contributed by atoms with Gasteiger partial charge in [-0.05, 0) is 25.5 Å². The molecule has 0 aromatic carbocycles. The Morgan fingerprint density at radius 1 is 1.67 bits per heavy atom. The summed E-state index contributed by atoms with van der Waals surface area (Å²) in [6.07, 6.45) is 4.09. The summed E-state index contributed by atoms with van der Waals surface area (Å²) in [5.41, 5.74) is 6.61. The van der Waals surface area contributed by atoms with Crippen molar-refractivity contribution in [2.45, 2.75) is 33.6 Å². The average Bonchev–Trinajstić information content (AvgIpc) is 1.87. The predicted molar refractivity (Wildman–Crippen MR) is 42.0 cm³/mol. The third kappa shape index (κ3) is 4.07. The van der Waals surface area contributed by atoms with Crippen LogP contribution in [0, 0.1) is 5.92 Å². The topological polar surface area (TPSA) is 26.0 Å². The van der Waals surface area contributed by atoms with Crippen LogP contribution in [0.4, 0.5) is 0 Å². The van der Waals surface area contributed by atoms with Crippen molar-refractivity contribution in [3.05, 3.63) is 11.8 Å². The van der Waals surface area contributed by atoms with Gasteiger partial charge in [-0.2, -0.15) is 0 Å². The Hall–Kier alpha value is -0.460. The van der Waals surface area contributed by atoms with Crippen molar-refractivity contribution in [1.82, 2.24) is 0 Å². The molecule has 1 nitrogen and oxygen atoms in total. The highest BCUT2D eigenvalue weighted by Crippen LogP contribution is 2.12. The lowest BCUT2D eigenvalue weighted by molar-refractivity contribution is 0.556. The summed E-state index contributed by atoms with van der Waals surface area (Å²) in [6, 6.07) is 0. The van der Waals surface area contributed by atoms with Crippen molar-refractivity contribution in [3.63, 3.8) is 0 Å². The molecule has 0 aliphatic carbocycles. The predicted octanol–water partition coefficient (Wildman–Crippen LogP) is 2.29. The van der Waals surface area contributed by atoms with E-state index in [2.05, 4.69) is 20.8 Å². The van der Waals surface area contributed by atoms with Crippen molar-refractivity contribution in [3.8, 4) is 0 Å². The summed E-state index contributed by atoms with van der Waals surface area (Å²) >= 11 is 0. The third-order valence-corrected chi connectivity index (χ3v) is 1.65. The molecule has 0 heterocycles. The molecule has 0 bridgehead atoms. The van der Waals surface area contributed by atoms with E-state index in [1.165, 1.54) is 12.0 Å². The lowest BCUT2D eigenvalue weighted by Gasteiger charge is -2.06. The van der Waals surface area contributed by atoms with E-state index in [-0.39, 0.29) is 0 Å². The van der Waals surface area contributed by atoms with E-state index in [1.807, 2.05) is 0 Å². The minimum Gasteiger partial charge on any atom is -0.405 e. The molecule has 2 N–H and O–H groups in total. The van der Waals surface area contributed by atoms with Gasteiger partial charge in [0.1, 0.15) is 0 Å². The largest absolute Gasteiger partial charge is 0.405 e. The second-order valence-electron chi connectivity index (χ2n) is 2.73. The maximum atomic E-state index is 5.31. The molecule has 0 aliphatic heterocycles. The molecule has 54 valence electrons. The maximum Gasteiger partial charge on any atom is -0.00732 e. The Kier molecular flexibility index (Phi) is 4.20. The average molecular weight is 127 g/mol. The summed E-state index contributed by atoms with van der Waals surface area (Å²) in [5, 5.41) is 0. The van der Waals surface area contributed by atoms with Gasteiger partial charge in [0, 0.05) is 0 Å². The van der Waals surface area contributed by atoms with Crippen LogP contribution in [-0.4, -0.2) is 0 Å². The van der Waals surface area contributed by atoms with Crippen LogP contribution < -0.4 is 5.73 Å². The third-order valence-electron chi connectivity index (χ3n) is 1.65. The quantitative estimate of drug-likeness (QED) is 0.618. The van der Waals surface area contributed by atoms with Gasteiger partial charge in [0.05, 0.1) is 0 Å². The summed E-state index contributed by atoms with van der Waals surface area (Å²) in [4.78, 5) is 0. The van der Waals surface area contributed by atoms with E-state index in [1.54, 1.807) is 6.20 Å². The molecule has 0 aromatic heterocycles. The van der Waals surface area contributed by atoms with Crippen molar-refractivity contribution in [2.75, 3.05) is 0 Å². The van der Waals surface area contributed by atoms with E-state index in [0.29, 0.717) is 0 Å². The van der Waals surface area contributed by atoms with Crippen molar-refractivity contribution < 1.29 is 0 Å². The molecule has 0 amide bonds. The van der Waals surface area contributed by atoms with Crippen molar-refractivity contribution >= 4 is 0 Å². The minimum atomic E-state index is 0.782. The summed E-state index contributed by atoms with van der Waals surface area (Å²) < 4.78 is 0. The molecule has 0 aromatic rings. The molecule has 0 rings (SSSR count). The first-order valence-electron chi connectivity index (χ1n) is 3.58. The highest BCUT2D eigenvalue weighted by molar-refractivity contribution is 4.95. The fraction of sp³-hybridized carbons (Fsp3) is 0.750. The van der Waals surface area contributed by atoms with Gasteiger partial charge in [0.25, 0.3) is 0 Å². The van der Waals surface area contributed by atoms with Gasteiger partial charge in [0.2, 0.25) is 0 Å². The Bertz CT molecular complexity index is 94.7. The van der Waals surface area contributed by atoms with E-state index in [0.717, 1.165) is 12.3 Å². The molecule has 0 saturated carbocycles. The molecular formula is C8H17N. The molecule has 0 fully saturated rings. The van der Waals surface area contributed by atoms with Crippen LogP contribution in [0.3, 0.4) is 0 Å². The summed E-state index contributed by atoms with van der Waals surface area (Å²) in [5.74, 6) is 0.782. The Labute approximate surface area is 57.9 Å². The second kappa shape index (κ2) is 4.42. The molecule has 0 spiro atoms. The summed E-state index contributed by atoms with van der Waals surface area (Å²) in [6.45, 7) is 6.52. The lowest BCUT2D eigenvalue weighted by Crippen LogP contribution is -1.94. The number of nitrogens with two attached hydrogens (primary N) is 1. The van der Waals surface area contributed by atoms with E-state index in [4.69, 9.17) is 5.73 Å². The molecular weight excluding hydrogens is 110 g/mol. The molecule has 0 saturated heterocycles. The van der Waals surface area contributed by atoms with Crippen molar-refractivity contribution in [2.24, 2.45) is 11.7 Å². The van der Waals surface area contributed by atoms with Gasteiger partial charge >= 0.3 is 0 Å². The van der Waals surface area contributed by atoms with Gasteiger partial charge in [0.15, 0.2) is 0 Å². The zero-order valence-electron chi connectivity index (χ0n) is 6.65. The van der Waals surface area contributed by atoms with Gasteiger partial charge in [-0.15, -0.1) is 0 Å². The normalized spacial score (nSPS) is 15.7. The van der Waals surface area contributed by atoms with E-state index in [9.17, 15) is 0 Å². The summed E-state index contributed by atoms with van der Waals surface area (Å²) in [7, 11) is 0. The first kappa shape index (κ1) is 8.54. The van der Waals surface area contributed by atoms with E-state index < -0.39 is 0 Å². The molecule has 0 radical (unpaired) electrons. The number of hydrogen-bond acceptors (Lipinski definition) is 1. The van der Waals surface area contributed by atoms with Crippen LogP contribution in [0.25, 0.3) is 0 Å². The number of rotatable bonds is 3. The molecule has 1 unspecified atom stereocenters. The zero-order chi connectivity index (χ0) is 7.28. The fourth-order valence-corrected chi connectivity index (χ4v) is 0.762. The maximum absolute atomic E-state index is 5.31. The van der Waals surface area contributed by atoms with Gasteiger partial charge in [-0.25, -0.2) is 0 Å². The SMILES string of the molecule is CCC(C)C/C(C)=C/N. The van der Waals surface area contributed by atoms with Crippen LogP contribution in [0.15, 0.2) is 11.8 Å². The van der Waals surface area contributed by atoms with Crippen LogP contribution in [0.1, 0.15) is 33.6 Å². The Morgan fingerprint density at radius 2 is 2.22 bits per heavy atom. The van der Waals surface area contributed by atoms with Gasteiger partial charge in [-0.1, -0.05) is 25.8 Å². The second-order valence-corrected chi connectivity index (χ2v) is 2.73. The lowest BCUT2D eigenvalue weighted by atomic mass is 10.0. The van der Waals surface area contributed by atoms with Gasteiger partial charge in [-0.3, -0.25) is 0 Å². The first-order chi connectivity index (χ1) is 4.20. The van der Waals surface area contributed by atoms with Crippen LogP contribution in [0.5, 0.6) is 0 Å². The monoisotopic (exact) mass is 127 g/mol. The first-order valence-corrected chi connectivity index (χ1v) is 3.58. The standard InChI is InChI=1S/C8H17N/c1-4-7(2)5-8(3)6-9/h6-7H,4-5,9H2,1-3H3/b8-6+. The molecule has 9 heavy (non-hydrogen) atoms. The van der Waals surface area contributed by atoms with Crippen LogP contribution >= 0.6 is 0 Å². The minimum absolute atomic E-state index is 0.782. The van der Waals surface area contributed by atoms with Crippen LogP contribution in [-0.2, 0) is 0 Å². The Morgan fingerprint density at radius 3 is 2.56 bits per heavy atom. The van der Waals surface area contributed by atoms with Crippen LogP contribution in [0.2, 0.25) is 0 Å². The number of allylic oxidation sites excluding steroid dienone is 1. The molecule has 0 aliphatic rings. The molecule has 1 heteroatoms. The highest BCUT2D eigenvalue weighted by Gasteiger charge is 1.97. The fourth-order valence-electron chi connectivity index (χ4n) is 0.762. The molecule has 1 atom stereocenters. The van der Waals surface area contributed by atoms with Crippen molar-refractivity contribution in [1.29, 1.82) is 0 Å². The van der Waals surface area contributed by atoms with E-state index >= 15 is 0 Å².